The monoisotopic (exact) mass is 281 g/mol. The lowest BCUT2D eigenvalue weighted by Gasteiger charge is -2.05. The number of aromatic hydroxyl groups is 1. The molecule has 0 bridgehead atoms. The Kier molecular flexibility index (Phi) is 3.48. The van der Waals surface area contributed by atoms with E-state index in [1.165, 1.54) is 6.07 Å². The Morgan fingerprint density at radius 2 is 2.14 bits per heavy atom. The first-order chi connectivity index (χ1) is 6.40. The maximum atomic E-state index is 10.5. The summed E-state index contributed by atoms with van der Waals surface area (Å²) in [5.74, 6) is -0.0528. The molecule has 1 rings (SSSR count). The van der Waals surface area contributed by atoms with Gasteiger partial charge in [0.15, 0.2) is 0 Å². The second-order valence-corrected chi connectivity index (χ2v) is 4.57. The van der Waals surface area contributed by atoms with Crippen LogP contribution in [0, 0.1) is 0 Å². The van der Waals surface area contributed by atoms with Crippen molar-refractivity contribution in [2.45, 2.75) is 6.61 Å². The lowest BCUT2D eigenvalue weighted by atomic mass is 10.2. The van der Waals surface area contributed by atoms with E-state index in [4.69, 9.17) is 0 Å². The average Bonchev–Trinajstić information content (AvgIpc) is 2.01. The van der Waals surface area contributed by atoms with Crippen LogP contribution in [0.15, 0.2) is 22.7 Å². The Morgan fingerprint density at radius 1 is 1.50 bits per heavy atom. The van der Waals surface area contributed by atoms with Crippen LogP contribution in [0.25, 0.3) is 0 Å². The number of hydrogen-bond acceptors (Lipinski definition) is 4. The maximum absolute atomic E-state index is 10.5. The number of benzene rings is 1. The molecule has 0 unspecified atom stereocenters. The van der Waals surface area contributed by atoms with Crippen molar-refractivity contribution < 1.29 is 17.7 Å². The molecule has 78 valence electrons. The van der Waals surface area contributed by atoms with Crippen LogP contribution in [-0.2, 0) is 21.1 Å². The van der Waals surface area contributed by atoms with E-state index < -0.39 is 10.3 Å². The molecule has 0 radical (unpaired) electrons. The molecule has 0 amide bonds. The van der Waals surface area contributed by atoms with Crippen LogP contribution in [0.1, 0.15) is 5.56 Å². The Bertz CT molecular complexity index is 411. The molecule has 0 saturated carbocycles. The molecule has 0 fully saturated rings. The molecular formula is C7H8BrNO4S. The van der Waals surface area contributed by atoms with Gasteiger partial charge in [-0.2, -0.15) is 8.42 Å². The fraction of sp³-hybridized carbons (Fsp3) is 0.143. The zero-order chi connectivity index (χ0) is 10.8. The van der Waals surface area contributed by atoms with Gasteiger partial charge in [-0.05, 0) is 12.1 Å². The largest absolute Gasteiger partial charge is 0.508 e. The molecule has 0 aliphatic carbocycles. The molecule has 1 aromatic rings. The summed E-state index contributed by atoms with van der Waals surface area (Å²) in [6.45, 7) is -0.300. The van der Waals surface area contributed by atoms with E-state index in [0.29, 0.717) is 10.0 Å². The van der Waals surface area contributed by atoms with Gasteiger partial charge < -0.3 is 5.11 Å². The number of halogens is 1. The summed E-state index contributed by atoms with van der Waals surface area (Å²) in [5.41, 5.74) is 0.335. The van der Waals surface area contributed by atoms with Crippen molar-refractivity contribution in [3.8, 4) is 5.75 Å². The van der Waals surface area contributed by atoms with Gasteiger partial charge in [-0.15, -0.1) is 0 Å². The van der Waals surface area contributed by atoms with E-state index in [1.54, 1.807) is 12.1 Å². The summed E-state index contributed by atoms with van der Waals surface area (Å²) in [5, 5.41) is 14.0. The summed E-state index contributed by atoms with van der Waals surface area (Å²) in [7, 11) is -3.99. The molecule has 0 heterocycles. The van der Waals surface area contributed by atoms with Gasteiger partial charge in [-0.1, -0.05) is 22.0 Å². The fourth-order valence-electron chi connectivity index (χ4n) is 0.831. The lowest BCUT2D eigenvalue weighted by molar-refractivity contribution is 0.301. The van der Waals surface area contributed by atoms with Gasteiger partial charge in [0.2, 0.25) is 0 Å². The standard InChI is InChI=1S/C7H8BrNO4S/c8-6-2-1-3-7(10)5(6)4-13-14(9,11)12/h1-3,10H,4H2,(H2,9,11,12). The minimum atomic E-state index is -3.99. The Hall–Kier alpha value is -0.630. The summed E-state index contributed by atoms with van der Waals surface area (Å²) in [6.07, 6.45) is 0. The molecule has 3 N–H and O–H groups in total. The molecule has 14 heavy (non-hydrogen) atoms. The second-order valence-electron chi connectivity index (χ2n) is 2.49. The smallest absolute Gasteiger partial charge is 0.333 e. The van der Waals surface area contributed by atoms with E-state index in [2.05, 4.69) is 25.3 Å². The predicted molar refractivity (Wildman–Crippen MR) is 53.7 cm³/mol. The van der Waals surface area contributed by atoms with E-state index in [1.807, 2.05) is 0 Å². The van der Waals surface area contributed by atoms with Gasteiger partial charge in [0.05, 0.1) is 6.61 Å². The third-order valence-corrected chi connectivity index (χ3v) is 2.65. The Labute approximate surface area is 89.9 Å². The first-order valence-electron chi connectivity index (χ1n) is 3.53. The molecular weight excluding hydrogens is 274 g/mol. The van der Waals surface area contributed by atoms with Crippen molar-refractivity contribution in [2.24, 2.45) is 5.14 Å². The molecule has 0 atom stereocenters. The van der Waals surface area contributed by atoms with Crippen LogP contribution in [0.4, 0.5) is 0 Å². The summed E-state index contributed by atoms with van der Waals surface area (Å²) < 4.78 is 25.9. The van der Waals surface area contributed by atoms with Gasteiger partial charge in [0.1, 0.15) is 5.75 Å². The van der Waals surface area contributed by atoms with Crippen molar-refractivity contribution in [3.05, 3.63) is 28.2 Å². The lowest BCUT2D eigenvalue weighted by Crippen LogP contribution is -2.15. The van der Waals surface area contributed by atoms with Crippen molar-refractivity contribution in [1.82, 2.24) is 0 Å². The number of nitrogens with two attached hydrogens (primary N) is 1. The van der Waals surface area contributed by atoms with Gasteiger partial charge in [0, 0.05) is 10.0 Å². The third kappa shape index (κ3) is 3.26. The molecule has 0 aromatic heterocycles. The van der Waals surface area contributed by atoms with Crippen LogP contribution in [0.3, 0.4) is 0 Å². The SMILES string of the molecule is NS(=O)(=O)OCc1c(O)cccc1Br. The number of hydrogen-bond donors (Lipinski definition) is 2. The normalized spacial score (nSPS) is 11.6. The highest BCUT2D eigenvalue weighted by atomic mass is 79.9. The van der Waals surface area contributed by atoms with Gasteiger partial charge in [-0.25, -0.2) is 5.14 Å². The average molecular weight is 282 g/mol. The highest BCUT2D eigenvalue weighted by Gasteiger charge is 2.09. The van der Waals surface area contributed by atoms with Gasteiger partial charge in [-0.3, -0.25) is 4.18 Å². The van der Waals surface area contributed by atoms with Crippen molar-refractivity contribution in [2.75, 3.05) is 0 Å². The Balaban J connectivity index is 2.87. The summed E-state index contributed by atoms with van der Waals surface area (Å²) >= 11 is 3.14. The molecule has 0 spiro atoms. The van der Waals surface area contributed by atoms with Crippen molar-refractivity contribution >= 4 is 26.2 Å². The van der Waals surface area contributed by atoms with Crippen LogP contribution >= 0.6 is 15.9 Å². The molecule has 0 saturated heterocycles. The molecule has 0 aliphatic rings. The van der Waals surface area contributed by atoms with E-state index in [0.717, 1.165) is 0 Å². The van der Waals surface area contributed by atoms with E-state index >= 15 is 0 Å². The third-order valence-electron chi connectivity index (χ3n) is 1.46. The molecule has 5 nitrogen and oxygen atoms in total. The van der Waals surface area contributed by atoms with Gasteiger partial charge in [0.25, 0.3) is 0 Å². The van der Waals surface area contributed by atoms with Crippen molar-refractivity contribution in [3.63, 3.8) is 0 Å². The zero-order valence-electron chi connectivity index (χ0n) is 6.97. The first-order valence-corrected chi connectivity index (χ1v) is 5.80. The second kappa shape index (κ2) is 4.26. The quantitative estimate of drug-likeness (QED) is 0.861. The number of phenols is 1. The topological polar surface area (TPSA) is 89.6 Å². The van der Waals surface area contributed by atoms with Crippen LogP contribution < -0.4 is 5.14 Å². The van der Waals surface area contributed by atoms with Crippen LogP contribution in [-0.4, -0.2) is 13.5 Å². The van der Waals surface area contributed by atoms with E-state index in [-0.39, 0.29) is 12.4 Å². The van der Waals surface area contributed by atoms with E-state index in [9.17, 15) is 13.5 Å². The number of phenolic OH excluding ortho intramolecular Hbond substituents is 1. The fourth-order valence-corrected chi connectivity index (χ4v) is 1.58. The molecule has 0 aliphatic heterocycles. The minimum absolute atomic E-state index is 0.0528. The highest BCUT2D eigenvalue weighted by Crippen LogP contribution is 2.26. The maximum Gasteiger partial charge on any atom is 0.333 e. The van der Waals surface area contributed by atoms with Crippen LogP contribution in [0.5, 0.6) is 5.75 Å². The van der Waals surface area contributed by atoms with Gasteiger partial charge >= 0.3 is 10.3 Å². The molecule has 7 heteroatoms. The first kappa shape index (κ1) is 11.4. The Morgan fingerprint density at radius 3 is 2.64 bits per heavy atom. The highest BCUT2D eigenvalue weighted by molar-refractivity contribution is 9.10. The zero-order valence-corrected chi connectivity index (χ0v) is 9.38. The number of rotatable bonds is 3. The summed E-state index contributed by atoms with van der Waals surface area (Å²) in [6, 6.07) is 4.69. The molecule has 1 aromatic carbocycles. The van der Waals surface area contributed by atoms with Crippen molar-refractivity contribution in [1.29, 1.82) is 0 Å². The summed E-state index contributed by atoms with van der Waals surface area (Å²) in [4.78, 5) is 0. The minimum Gasteiger partial charge on any atom is -0.508 e. The predicted octanol–water partition coefficient (Wildman–Crippen LogP) is 0.875. The van der Waals surface area contributed by atoms with Crippen LogP contribution in [0.2, 0.25) is 0 Å².